The number of ether oxygens (including phenoxy) is 2. The molecule has 13 nitrogen and oxygen atoms in total. The molecule has 0 aromatic heterocycles. The number of aromatic carboxylic acids is 2. The van der Waals surface area contributed by atoms with E-state index in [9.17, 15) is 29.4 Å². The molecule has 0 atom stereocenters. The highest BCUT2D eigenvalue weighted by molar-refractivity contribution is 6.96. The van der Waals surface area contributed by atoms with Crippen LogP contribution < -0.4 is 20.5 Å². The van der Waals surface area contributed by atoms with Gasteiger partial charge in [0.25, 0.3) is 5.91 Å². The number of carboxylic acids is 2. The van der Waals surface area contributed by atoms with Crippen molar-refractivity contribution < 1.29 is 51.2 Å². The fourth-order valence-corrected chi connectivity index (χ4v) is 38.6. The van der Waals surface area contributed by atoms with E-state index >= 15 is 0 Å². The number of carboxylic acid groups (broad SMARTS) is 2. The minimum Gasteiger partial charge on any atom is -0.494 e. The molecule has 0 aliphatic heterocycles. The molecule has 0 saturated carbocycles. The lowest BCUT2D eigenvalue weighted by atomic mass is 9.95. The van der Waals surface area contributed by atoms with E-state index < -0.39 is 65.6 Å². The first-order valence-electron chi connectivity index (χ1n) is 22.1. The number of unbranched alkanes of at least 4 members (excludes halogenated alkanes) is 2. The molecule has 352 valence electrons. The summed E-state index contributed by atoms with van der Waals surface area (Å²) < 4.78 is 32.7. The van der Waals surface area contributed by atoms with Crippen molar-refractivity contribution >= 4 is 71.3 Å². The summed E-state index contributed by atoms with van der Waals surface area (Å²) in [7, 11) is -10.5. The maximum absolute atomic E-state index is 13.2. The van der Waals surface area contributed by atoms with Gasteiger partial charge in [0.1, 0.15) is 11.5 Å². The van der Waals surface area contributed by atoms with E-state index in [1.165, 1.54) is 54.5 Å². The van der Waals surface area contributed by atoms with Crippen molar-refractivity contribution in [2.24, 2.45) is 5.73 Å². The predicted octanol–water partition coefficient (Wildman–Crippen LogP) is 11.2. The molecule has 4 aromatic rings. The Morgan fingerprint density at radius 3 is 1.57 bits per heavy atom. The molecule has 0 bridgehead atoms. The van der Waals surface area contributed by atoms with Crippen molar-refractivity contribution in [3.05, 3.63) is 113 Å². The van der Waals surface area contributed by atoms with E-state index in [2.05, 4.69) is 70.8 Å². The summed E-state index contributed by atoms with van der Waals surface area (Å²) in [6, 6.07) is 27.2. The van der Waals surface area contributed by atoms with Gasteiger partial charge in [0.2, 0.25) is 5.91 Å². The lowest BCUT2D eigenvalue weighted by molar-refractivity contribution is 0.0683. The molecular formula is C47H68N2O11Si5. The van der Waals surface area contributed by atoms with E-state index in [4.69, 9.17) is 27.6 Å². The van der Waals surface area contributed by atoms with Crippen molar-refractivity contribution in [3.8, 4) is 22.6 Å². The van der Waals surface area contributed by atoms with Crippen LogP contribution in [-0.2, 0) is 12.3 Å². The number of para-hydroxylation sites is 1. The molecule has 18 heteroatoms. The highest BCUT2D eigenvalue weighted by atomic mass is 28.5. The van der Waals surface area contributed by atoms with Crippen molar-refractivity contribution in [1.29, 1.82) is 0 Å². The number of anilines is 1. The minimum atomic E-state index is -2.49. The molecule has 4 rings (SSSR count). The van der Waals surface area contributed by atoms with Crippen LogP contribution in [-0.4, -0.2) is 89.0 Å². The largest absolute Gasteiger partial charge is 0.494 e. The standard InChI is InChI=1S/C47H68N2O11Si5/c1-61(2,30-16-14-28-56-38-18-12-11-13-19-38)34-63(5,6)59-65(9,10)60-64(7,8)58-62(3,4)31-17-15-29-57-39-24-22-37(23-25-39)49-45(51)40-26-20-36(33-43(40)47(54)55)35-21-27-41(46(52)53)42(32-35)44(48)50/h11-13,18-27,32-33H,14-17,28-31,34H2,1-10H3,(H2,48,50)(H,49,51)(H,52,53)(H,54,55). The molecule has 0 heterocycles. The van der Waals surface area contributed by atoms with Crippen molar-refractivity contribution in [3.63, 3.8) is 0 Å². The number of hydrogen-bond acceptors (Lipinski definition) is 9. The van der Waals surface area contributed by atoms with Gasteiger partial charge in [0.05, 0.1) is 35.5 Å². The van der Waals surface area contributed by atoms with Gasteiger partial charge in [-0.2, -0.15) is 0 Å². The zero-order chi connectivity index (χ0) is 48.2. The summed E-state index contributed by atoms with van der Waals surface area (Å²) in [6.45, 7) is 24.1. The number of hydrogen-bond donors (Lipinski definition) is 4. The smallest absolute Gasteiger partial charge is 0.336 e. The minimum absolute atomic E-state index is 0.0823. The average molecular weight is 977 g/mol. The summed E-state index contributed by atoms with van der Waals surface area (Å²) in [5, 5.41) is 22.1. The topological polar surface area (TPSA) is 193 Å². The fraction of sp³-hybridized carbons (Fsp3) is 0.404. The van der Waals surface area contributed by atoms with Gasteiger partial charge in [-0.3, -0.25) is 9.59 Å². The molecule has 0 saturated heterocycles. The second kappa shape index (κ2) is 22.7. The fourth-order valence-electron chi connectivity index (χ4n) is 8.59. The highest BCUT2D eigenvalue weighted by Gasteiger charge is 2.44. The number of benzene rings is 4. The summed E-state index contributed by atoms with van der Waals surface area (Å²) in [5.74, 6) is -2.67. The molecule has 2 amide bonds. The Balaban J connectivity index is 1.20. The predicted molar refractivity (Wildman–Crippen MR) is 270 cm³/mol. The molecule has 0 aliphatic rings. The number of carbonyl (C=O) groups is 4. The van der Waals surface area contributed by atoms with Gasteiger partial charge in [-0.25, -0.2) is 9.59 Å². The van der Waals surface area contributed by atoms with E-state index in [0.29, 0.717) is 29.2 Å². The molecule has 0 fully saturated rings. The second-order valence-electron chi connectivity index (χ2n) is 19.4. The zero-order valence-electron chi connectivity index (χ0n) is 39.7. The Labute approximate surface area is 389 Å². The summed E-state index contributed by atoms with van der Waals surface area (Å²) in [4.78, 5) is 48.9. The highest BCUT2D eigenvalue weighted by Crippen LogP contribution is 2.32. The molecule has 65 heavy (non-hydrogen) atoms. The first kappa shape index (κ1) is 52.9. The number of nitrogens with one attached hydrogen (secondary N) is 1. The molecule has 4 aromatic carbocycles. The van der Waals surface area contributed by atoms with Crippen LogP contribution in [0.1, 0.15) is 67.1 Å². The van der Waals surface area contributed by atoms with Gasteiger partial charge in [-0.1, -0.05) is 62.3 Å². The Morgan fingerprint density at radius 1 is 0.538 bits per heavy atom. The number of amides is 2. The zero-order valence-corrected chi connectivity index (χ0v) is 44.7. The van der Waals surface area contributed by atoms with Crippen LogP contribution in [0, 0.1) is 0 Å². The van der Waals surface area contributed by atoms with Gasteiger partial charge in [-0.05, 0) is 149 Å². The van der Waals surface area contributed by atoms with E-state index in [1.807, 2.05) is 30.3 Å². The average Bonchev–Trinajstić information content (AvgIpc) is 3.19. The van der Waals surface area contributed by atoms with Gasteiger partial charge in [-0.15, -0.1) is 0 Å². The maximum atomic E-state index is 13.2. The first-order chi connectivity index (χ1) is 30.3. The maximum Gasteiger partial charge on any atom is 0.336 e. The number of rotatable bonds is 26. The van der Waals surface area contributed by atoms with Crippen molar-refractivity contribution in [1.82, 2.24) is 0 Å². The molecule has 0 spiro atoms. The van der Waals surface area contributed by atoms with Crippen LogP contribution in [0.15, 0.2) is 91.0 Å². The van der Waals surface area contributed by atoms with Gasteiger partial charge in [0.15, 0.2) is 16.6 Å². The third-order valence-corrected chi connectivity index (χ3v) is 33.4. The normalized spacial score (nSPS) is 12.4. The number of primary amides is 1. The quantitative estimate of drug-likeness (QED) is 0.0346. The molecule has 0 radical (unpaired) electrons. The van der Waals surface area contributed by atoms with E-state index in [0.717, 1.165) is 37.7 Å². The van der Waals surface area contributed by atoms with Gasteiger partial charge < -0.3 is 43.1 Å². The monoisotopic (exact) mass is 976 g/mol. The van der Waals surface area contributed by atoms with Gasteiger partial charge >= 0.3 is 29.1 Å². The summed E-state index contributed by atoms with van der Waals surface area (Å²) in [6.07, 6.45) is 4.01. The van der Waals surface area contributed by atoms with E-state index in [1.54, 1.807) is 24.3 Å². The number of carbonyl (C=O) groups excluding carboxylic acids is 2. The van der Waals surface area contributed by atoms with Crippen LogP contribution in [0.3, 0.4) is 0 Å². The molecule has 5 N–H and O–H groups in total. The van der Waals surface area contributed by atoms with Crippen LogP contribution in [0.2, 0.25) is 83.2 Å². The Bertz CT molecular complexity index is 2270. The number of nitrogens with two attached hydrogens (primary N) is 1. The van der Waals surface area contributed by atoms with E-state index in [-0.39, 0.29) is 22.3 Å². The third kappa shape index (κ3) is 17.6. The summed E-state index contributed by atoms with van der Waals surface area (Å²) in [5.41, 5.74) is 6.89. The van der Waals surface area contributed by atoms with Crippen LogP contribution >= 0.6 is 0 Å². The lowest BCUT2D eigenvalue weighted by Gasteiger charge is -2.42. The van der Waals surface area contributed by atoms with Crippen molar-refractivity contribution in [2.75, 3.05) is 18.5 Å². The Kier molecular flexibility index (Phi) is 18.5. The van der Waals surface area contributed by atoms with Crippen LogP contribution in [0.25, 0.3) is 11.1 Å². The molecule has 0 aliphatic carbocycles. The van der Waals surface area contributed by atoms with Crippen LogP contribution in [0.4, 0.5) is 5.69 Å². The lowest BCUT2D eigenvalue weighted by Crippen LogP contribution is -2.57. The molecule has 0 unspecified atom stereocenters. The Morgan fingerprint density at radius 2 is 1.03 bits per heavy atom. The second-order valence-corrected chi connectivity index (χ2v) is 41.2. The van der Waals surface area contributed by atoms with Crippen molar-refractivity contribution in [2.45, 2.75) is 109 Å². The summed E-state index contributed by atoms with van der Waals surface area (Å²) >= 11 is 0. The molecular weight excluding hydrogens is 909 g/mol. The first-order valence-corrected chi connectivity index (χ1v) is 37.4. The Hall–Kier alpha value is -4.68. The van der Waals surface area contributed by atoms with Crippen LogP contribution in [0.5, 0.6) is 11.5 Å². The van der Waals surface area contributed by atoms with Gasteiger partial charge in [0, 0.05) is 13.8 Å². The third-order valence-electron chi connectivity index (χ3n) is 10.6. The SMILES string of the molecule is C[Si](C)(CCCCOc1ccccc1)C[Si](C)(C)O[Si](C)(C)O[Si](C)(C)O[Si](C)(C)CCCCOc1ccc(NC(=O)c2ccc(-c3ccc(C(=O)O)c(C(N)=O)c3)cc2C(=O)O)cc1.